The molecule has 0 radical (unpaired) electrons. The fraction of sp³-hybridized carbons (Fsp3) is 0.538. The first-order chi connectivity index (χ1) is 9.44. The van der Waals surface area contributed by atoms with E-state index in [-0.39, 0.29) is 5.69 Å². The third kappa shape index (κ3) is 2.36. The first-order valence-corrected chi connectivity index (χ1v) is 6.32. The van der Waals surface area contributed by atoms with Crippen LogP contribution in [0.2, 0.25) is 0 Å². The third-order valence-corrected chi connectivity index (χ3v) is 3.65. The first-order valence-electron chi connectivity index (χ1n) is 6.32. The van der Waals surface area contributed by atoms with Gasteiger partial charge < -0.3 is 19.5 Å². The van der Waals surface area contributed by atoms with Crippen molar-refractivity contribution < 1.29 is 19.5 Å². The summed E-state index contributed by atoms with van der Waals surface area (Å²) in [5, 5.41) is 21.2. The predicted molar refractivity (Wildman–Crippen MR) is 73.7 cm³/mol. The van der Waals surface area contributed by atoms with Gasteiger partial charge in [-0.3, -0.25) is 10.1 Å². The SMILES string of the molecule is CCC1(O)CN(c2cc(OC)c(OC)cc2[N+](=O)[O-])C1. The van der Waals surface area contributed by atoms with Crippen LogP contribution in [0.25, 0.3) is 0 Å². The van der Waals surface area contributed by atoms with Crippen LogP contribution in [0.3, 0.4) is 0 Å². The van der Waals surface area contributed by atoms with Crippen LogP contribution in [0.5, 0.6) is 11.5 Å². The zero-order chi connectivity index (χ0) is 14.9. The van der Waals surface area contributed by atoms with Crippen LogP contribution >= 0.6 is 0 Å². The molecule has 0 aliphatic carbocycles. The van der Waals surface area contributed by atoms with E-state index < -0.39 is 10.5 Å². The number of rotatable bonds is 5. The molecule has 0 bridgehead atoms. The standard InChI is InChI=1S/C13H18N2O5/c1-4-13(16)7-14(8-13)9-5-11(19-2)12(20-3)6-10(9)15(17)18/h5-6,16H,4,7-8H2,1-3H3. The number of aliphatic hydroxyl groups is 1. The van der Waals surface area contributed by atoms with Gasteiger partial charge >= 0.3 is 0 Å². The summed E-state index contributed by atoms with van der Waals surface area (Å²) in [7, 11) is 2.91. The molecule has 110 valence electrons. The molecule has 0 atom stereocenters. The fourth-order valence-corrected chi connectivity index (χ4v) is 2.32. The number of nitro groups is 1. The second-order valence-corrected chi connectivity index (χ2v) is 4.89. The van der Waals surface area contributed by atoms with Gasteiger partial charge in [0.25, 0.3) is 5.69 Å². The maximum absolute atomic E-state index is 11.2. The van der Waals surface area contributed by atoms with Gasteiger partial charge in [0.05, 0.1) is 30.8 Å². The van der Waals surface area contributed by atoms with Crippen LogP contribution in [0, 0.1) is 10.1 Å². The number of hydrogen-bond acceptors (Lipinski definition) is 6. The summed E-state index contributed by atoms with van der Waals surface area (Å²) in [5.41, 5.74) is -0.382. The summed E-state index contributed by atoms with van der Waals surface area (Å²) in [4.78, 5) is 12.5. The van der Waals surface area contributed by atoms with Gasteiger partial charge in [-0.25, -0.2) is 0 Å². The average Bonchev–Trinajstić information content (AvgIpc) is 2.42. The number of nitro benzene ring substituents is 1. The molecule has 2 rings (SSSR count). The zero-order valence-electron chi connectivity index (χ0n) is 11.8. The highest BCUT2D eigenvalue weighted by Gasteiger charge is 2.42. The van der Waals surface area contributed by atoms with Crippen molar-refractivity contribution in [3.05, 3.63) is 22.2 Å². The number of anilines is 1. The van der Waals surface area contributed by atoms with Crippen molar-refractivity contribution in [2.45, 2.75) is 18.9 Å². The molecular formula is C13H18N2O5. The number of β-amino-alcohol motifs (C(OH)–C–C–N with tert-alkyl or cyclic N) is 1. The highest BCUT2D eigenvalue weighted by molar-refractivity contribution is 5.71. The van der Waals surface area contributed by atoms with E-state index in [1.165, 1.54) is 20.3 Å². The zero-order valence-corrected chi connectivity index (χ0v) is 11.8. The quantitative estimate of drug-likeness (QED) is 0.652. The Morgan fingerprint density at radius 3 is 2.35 bits per heavy atom. The van der Waals surface area contributed by atoms with Gasteiger partial charge in [-0.15, -0.1) is 0 Å². The van der Waals surface area contributed by atoms with E-state index in [0.29, 0.717) is 36.7 Å². The normalized spacial score (nSPS) is 16.5. The van der Waals surface area contributed by atoms with Gasteiger partial charge in [0.1, 0.15) is 5.69 Å². The molecule has 1 aliphatic rings. The molecule has 0 amide bonds. The molecule has 1 saturated heterocycles. The highest BCUT2D eigenvalue weighted by Crippen LogP contribution is 2.42. The van der Waals surface area contributed by atoms with E-state index in [2.05, 4.69) is 0 Å². The summed E-state index contributed by atoms with van der Waals surface area (Å²) >= 11 is 0. The van der Waals surface area contributed by atoms with Crippen molar-refractivity contribution in [1.82, 2.24) is 0 Å². The minimum Gasteiger partial charge on any atom is -0.493 e. The summed E-state index contributed by atoms with van der Waals surface area (Å²) in [6.45, 7) is 2.64. The van der Waals surface area contributed by atoms with E-state index in [1.54, 1.807) is 11.0 Å². The number of benzene rings is 1. The molecule has 1 aromatic carbocycles. The van der Waals surface area contributed by atoms with Gasteiger partial charge in [-0.2, -0.15) is 0 Å². The molecule has 0 aromatic heterocycles. The summed E-state index contributed by atoms with van der Waals surface area (Å²) in [6, 6.07) is 2.92. The molecule has 1 N–H and O–H groups in total. The van der Waals surface area contributed by atoms with Crippen molar-refractivity contribution in [2.75, 3.05) is 32.2 Å². The molecule has 7 heteroatoms. The van der Waals surface area contributed by atoms with Crippen LogP contribution < -0.4 is 14.4 Å². The summed E-state index contributed by atoms with van der Waals surface area (Å²) < 4.78 is 10.3. The van der Waals surface area contributed by atoms with Gasteiger partial charge in [0.2, 0.25) is 0 Å². The maximum atomic E-state index is 11.2. The largest absolute Gasteiger partial charge is 0.493 e. The molecule has 1 aromatic rings. The van der Waals surface area contributed by atoms with Crippen LogP contribution in [-0.4, -0.2) is 42.9 Å². The smallest absolute Gasteiger partial charge is 0.296 e. The molecule has 1 fully saturated rings. The Labute approximate surface area is 116 Å². The second kappa shape index (κ2) is 5.16. The van der Waals surface area contributed by atoms with Gasteiger partial charge in [-0.1, -0.05) is 6.92 Å². The molecule has 0 saturated carbocycles. The number of nitrogens with zero attached hydrogens (tertiary/aromatic N) is 2. The van der Waals surface area contributed by atoms with Crippen LogP contribution in [0.1, 0.15) is 13.3 Å². The summed E-state index contributed by atoms with van der Waals surface area (Å²) in [6.07, 6.45) is 0.616. The number of hydrogen-bond donors (Lipinski definition) is 1. The number of ether oxygens (including phenoxy) is 2. The minimum absolute atomic E-state index is 0.0548. The van der Waals surface area contributed by atoms with Crippen molar-refractivity contribution in [3.8, 4) is 11.5 Å². The lowest BCUT2D eigenvalue weighted by atomic mass is 9.90. The Hall–Kier alpha value is -2.02. The Bertz CT molecular complexity index is 526. The summed E-state index contributed by atoms with van der Waals surface area (Å²) in [5.74, 6) is 0.745. The molecule has 7 nitrogen and oxygen atoms in total. The van der Waals surface area contributed by atoms with E-state index in [9.17, 15) is 15.2 Å². The lowest BCUT2D eigenvalue weighted by Crippen LogP contribution is -2.61. The fourth-order valence-electron chi connectivity index (χ4n) is 2.32. The lowest BCUT2D eigenvalue weighted by Gasteiger charge is -2.47. The van der Waals surface area contributed by atoms with Crippen LogP contribution in [-0.2, 0) is 0 Å². The maximum Gasteiger partial charge on any atom is 0.296 e. The van der Waals surface area contributed by atoms with Gasteiger partial charge in [-0.05, 0) is 6.42 Å². The van der Waals surface area contributed by atoms with Crippen molar-refractivity contribution in [3.63, 3.8) is 0 Å². The van der Waals surface area contributed by atoms with Gasteiger partial charge in [0.15, 0.2) is 11.5 Å². The monoisotopic (exact) mass is 282 g/mol. The second-order valence-electron chi connectivity index (χ2n) is 4.89. The molecule has 1 aliphatic heterocycles. The molecule has 1 heterocycles. The highest BCUT2D eigenvalue weighted by atomic mass is 16.6. The van der Waals surface area contributed by atoms with E-state index in [1.807, 2.05) is 6.92 Å². The van der Waals surface area contributed by atoms with E-state index >= 15 is 0 Å². The molecular weight excluding hydrogens is 264 g/mol. The average molecular weight is 282 g/mol. The predicted octanol–water partition coefficient (Wildman–Crippen LogP) is 1.57. The lowest BCUT2D eigenvalue weighted by molar-refractivity contribution is -0.384. The number of methoxy groups -OCH3 is 2. The first kappa shape index (κ1) is 14.4. The molecule has 0 unspecified atom stereocenters. The molecule has 0 spiro atoms. The topological polar surface area (TPSA) is 85.1 Å². The van der Waals surface area contributed by atoms with Crippen LogP contribution in [0.15, 0.2) is 12.1 Å². The van der Waals surface area contributed by atoms with Crippen LogP contribution in [0.4, 0.5) is 11.4 Å². The minimum atomic E-state index is -0.763. The van der Waals surface area contributed by atoms with E-state index in [0.717, 1.165) is 0 Å². The Morgan fingerprint density at radius 1 is 1.35 bits per heavy atom. The van der Waals surface area contributed by atoms with Crippen molar-refractivity contribution >= 4 is 11.4 Å². The third-order valence-electron chi connectivity index (χ3n) is 3.65. The molecule has 20 heavy (non-hydrogen) atoms. The van der Waals surface area contributed by atoms with Crippen molar-refractivity contribution in [1.29, 1.82) is 0 Å². The van der Waals surface area contributed by atoms with Gasteiger partial charge in [0, 0.05) is 19.2 Å². The Balaban J connectivity index is 2.39. The van der Waals surface area contributed by atoms with E-state index in [4.69, 9.17) is 9.47 Å². The Kier molecular flexibility index (Phi) is 3.71. The Morgan fingerprint density at radius 2 is 1.90 bits per heavy atom. The van der Waals surface area contributed by atoms with Crippen molar-refractivity contribution in [2.24, 2.45) is 0 Å².